The lowest BCUT2D eigenvalue weighted by atomic mass is 9.74. The van der Waals surface area contributed by atoms with Gasteiger partial charge in [0.25, 0.3) is 0 Å². The Morgan fingerprint density at radius 1 is 1.09 bits per heavy atom. The molecule has 4 rings (SSSR count). The molecule has 2 aromatic carbocycles. The minimum atomic E-state index is -0.106. The molecule has 1 heterocycles. The zero-order valence-corrected chi connectivity index (χ0v) is 13.2. The zero-order chi connectivity index (χ0) is 16.1. The van der Waals surface area contributed by atoms with Gasteiger partial charge in [0, 0.05) is 17.2 Å². The molecule has 0 fully saturated rings. The summed E-state index contributed by atoms with van der Waals surface area (Å²) in [6, 6.07) is 5.53. The number of phenols is 3. The monoisotopic (exact) mass is 311 g/mol. The van der Waals surface area contributed by atoms with Gasteiger partial charge in [0.05, 0.1) is 0 Å². The lowest BCUT2D eigenvalue weighted by Gasteiger charge is -2.36. The largest absolute Gasteiger partial charge is 0.508 e. The van der Waals surface area contributed by atoms with Gasteiger partial charge in [0.1, 0.15) is 5.75 Å². The second kappa shape index (κ2) is 5.17. The summed E-state index contributed by atoms with van der Waals surface area (Å²) in [5.41, 5.74) is 5.84. The Morgan fingerprint density at radius 2 is 1.91 bits per heavy atom. The third-order valence-corrected chi connectivity index (χ3v) is 5.09. The Balaban J connectivity index is 2.10. The Labute approximate surface area is 135 Å². The number of hydrogen-bond acceptors (Lipinski definition) is 4. The molecule has 0 amide bonds. The van der Waals surface area contributed by atoms with Crippen LogP contribution in [0.15, 0.2) is 18.2 Å². The third kappa shape index (κ3) is 2.01. The van der Waals surface area contributed by atoms with Crippen molar-refractivity contribution >= 4 is 0 Å². The lowest BCUT2D eigenvalue weighted by Crippen LogP contribution is -2.34. The molecular weight excluding hydrogens is 290 g/mol. The summed E-state index contributed by atoms with van der Waals surface area (Å²) in [5, 5.41) is 34.6. The van der Waals surface area contributed by atoms with E-state index in [4.69, 9.17) is 0 Å². The quantitative estimate of drug-likeness (QED) is 0.643. The summed E-state index contributed by atoms with van der Waals surface area (Å²) < 4.78 is 0. The number of benzene rings is 2. The molecule has 2 aromatic rings. The first-order valence-electron chi connectivity index (χ1n) is 8.27. The van der Waals surface area contributed by atoms with Crippen molar-refractivity contribution in [1.82, 2.24) is 5.32 Å². The predicted molar refractivity (Wildman–Crippen MR) is 89.0 cm³/mol. The number of hydrogen-bond donors (Lipinski definition) is 4. The van der Waals surface area contributed by atoms with Crippen molar-refractivity contribution < 1.29 is 15.3 Å². The highest BCUT2D eigenvalue weighted by atomic mass is 16.3. The van der Waals surface area contributed by atoms with Crippen LogP contribution in [-0.4, -0.2) is 21.9 Å². The summed E-state index contributed by atoms with van der Waals surface area (Å²) in [4.78, 5) is 0. The topological polar surface area (TPSA) is 72.7 Å². The molecule has 4 heteroatoms. The maximum atomic E-state index is 10.5. The molecule has 120 valence electrons. The Hall–Kier alpha value is -2.20. The number of rotatable bonds is 2. The standard InChI is InChI=1S/C19H21NO3/c1-2-3-12-15(22)9-11-6-7-20-13-8-10-4-5-14(21)19(23)17(10)18(12)16(11)13/h4-5,9,13,20-23H,2-3,6-8H2,1H3. The first-order valence-corrected chi connectivity index (χ1v) is 8.27. The van der Waals surface area contributed by atoms with E-state index in [2.05, 4.69) is 12.2 Å². The van der Waals surface area contributed by atoms with E-state index in [9.17, 15) is 15.3 Å². The molecular formula is C19H21NO3. The normalized spacial score (nSPS) is 18.4. The fraction of sp³-hybridized carbons (Fsp3) is 0.368. The summed E-state index contributed by atoms with van der Waals surface area (Å²) in [7, 11) is 0. The molecule has 0 aromatic heterocycles. The molecule has 0 radical (unpaired) electrons. The van der Waals surface area contributed by atoms with E-state index < -0.39 is 0 Å². The van der Waals surface area contributed by atoms with Gasteiger partial charge in [-0.3, -0.25) is 0 Å². The minimum absolute atomic E-state index is 0.0725. The molecule has 0 bridgehead atoms. The van der Waals surface area contributed by atoms with Crippen molar-refractivity contribution in [2.75, 3.05) is 6.54 Å². The van der Waals surface area contributed by atoms with Gasteiger partial charge in [-0.05, 0) is 60.2 Å². The van der Waals surface area contributed by atoms with Gasteiger partial charge in [0.2, 0.25) is 0 Å². The van der Waals surface area contributed by atoms with Crippen LogP contribution in [0.4, 0.5) is 0 Å². The molecule has 1 aliphatic heterocycles. The SMILES string of the molecule is CCCc1c(O)cc2c3c1-c1c(ccc(O)c1O)CC3NCC2. The molecule has 4 N–H and O–H groups in total. The van der Waals surface area contributed by atoms with E-state index in [-0.39, 0.29) is 17.5 Å². The highest BCUT2D eigenvalue weighted by Crippen LogP contribution is 2.51. The van der Waals surface area contributed by atoms with Crippen LogP contribution in [0, 0.1) is 0 Å². The molecule has 0 saturated carbocycles. The average Bonchev–Trinajstić information content (AvgIpc) is 2.54. The smallest absolute Gasteiger partial charge is 0.165 e. The van der Waals surface area contributed by atoms with Crippen molar-refractivity contribution in [3.05, 3.63) is 40.5 Å². The van der Waals surface area contributed by atoms with Crippen LogP contribution in [0.2, 0.25) is 0 Å². The van der Waals surface area contributed by atoms with Gasteiger partial charge >= 0.3 is 0 Å². The number of phenolic OH excluding ortho intramolecular Hbond substituents is 3. The predicted octanol–water partition coefficient (Wildman–Crippen LogP) is 3.17. The van der Waals surface area contributed by atoms with E-state index in [0.717, 1.165) is 54.5 Å². The molecule has 23 heavy (non-hydrogen) atoms. The Morgan fingerprint density at radius 3 is 2.70 bits per heavy atom. The summed E-state index contributed by atoms with van der Waals surface area (Å²) >= 11 is 0. The average molecular weight is 311 g/mol. The fourth-order valence-electron chi connectivity index (χ4n) is 4.12. The van der Waals surface area contributed by atoms with Crippen molar-refractivity contribution in [3.8, 4) is 28.4 Å². The summed E-state index contributed by atoms with van der Waals surface area (Å²) in [6.07, 6.45) is 3.31. The lowest BCUT2D eigenvalue weighted by molar-refractivity contribution is 0.402. The zero-order valence-electron chi connectivity index (χ0n) is 13.2. The molecule has 0 saturated heterocycles. The van der Waals surface area contributed by atoms with E-state index in [1.165, 1.54) is 5.56 Å². The second-order valence-corrected chi connectivity index (χ2v) is 6.50. The maximum absolute atomic E-state index is 10.5. The van der Waals surface area contributed by atoms with Gasteiger partial charge < -0.3 is 20.6 Å². The van der Waals surface area contributed by atoms with Crippen molar-refractivity contribution in [2.45, 2.75) is 38.6 Å². The van der Waals surface area contributed by atoms with Crippen LogP contribution in [0.25, 0.3) is 11.1 Å². The third-order valence-electron chi connectivity index (χ3n) is 5.09. The van der Waals surface area contributed by atoms with Crippen molar-refractivity contribution in [1.29, 1.82) is 0 Å². The molecule has 1 unspecified atom stereocenters. The van der Waals surface area contributed by atoms with Crippen molar-refractivity contribution in [2.24, 2.45) is 0 Å². The Kier molecular flexibility index (Phi) is 3.23. The molecule has 1 aliphatic carbocycles. The fourth-order valence-corrected chi connectivity index (χ4v) is 4.12. The number of aromatic hydroxyl groups is 3. The molecule has 0 spiro atoms. The van der Waals surface area contributed by atoms with Gasteiger partial charge in [-0.1, -0.05) is 19.4 Å². The van der Waals surface area contributed by atoms with Crippen LogP contribution in [-0.2, 0) is 19.3 Å². The van der Waals surface area contributed by atoms with E-state index in [0.29, 0.717) is 11.3 Å². The highest BCUT2D eigenvalue weighted by molar-refractivity contribution is 5.86. The first-order chi connectivity index (χ1) is 11.1. The molecule has 1 atom stereocenters. The summed E-state index contributed by atoms with van der Waals surface area (Å²) in [5.74, 6) is 0.124. The number of fused-ring (bicyclic) bond motifs is 2. The second-order valence-electron chi connectivity index (χ2n) is 6.50. The van der Waals surface area contributed by atoms with Gasteiger partial charge in [0.15, 0.2) is 11.5 Å². The van der Waals surface area contributed by atoms with Gasteiger partial charge in [-0.2, -0.15) is 0 Å². The van der Waals surface area contributed by atoms with Crippen LogP contribution in [0.5, 0.6) is 17.2 Å². The van der Waals surface area contributed by atoms with Crippen LogP contribution >= 0.6 is 0 Å². The molecule has 4 nitrogen and oxygen atoms in total. The van der Waals surface area contributed by atoms with E-state index >= 15 is 0 Å². The maximum Gasteiger partial charge on any atom is 0.165 e. The van der Waals surface area contributed by atoms with Gasteiger partial charge in [-0.25, -0.2) is 0 Å². The first kappa shape index (κ1) is 14.4. The van der Waals surface area contributed by atoms with Gasteiger partial charge in [-0.15, -0.1) is 0 Å². The highest BCUT2D eigenvalue weighted by Gasteiger charge is 2.34. The van der Waals surface area contributed by atoms with E-state index in [1.807, 2.05) is 12.1 Å². The van der Waals surface area contributed by atoms with Crippen molar-refractivity contribution in [3.63, 3.8) is 0 Å². The Bertz CT molecular complexity index is 798. The minimum Gasteiger partial charge on any atom is -0.508 e. The van der Waals surface area contributed by atoms with Crippen LogP contribution in [0.3, 0.4) is 0 Å². The summed E-state index contributed by atoms with van der Waals surface area (Å²) in [6.45, 7) is 2.97. The van der Waals surface area contributed by atoms with Crippen LogP contribution < -0.4 is 5.32 Å². The molecule has 2 aliphatic rings. The van der Waals surface area contributed by atoms with E-state index in [1.54, 1.807) is 6.07 Å². The van der Waals surface area contributed by atoms with Crippen LogP contribution in [0.1, 0.15) is 41.6 Å². The number of nitrogens with one attached hydrogen (secondary N) is 1.